The lowest BCUT2D eigenvalue weighted by Gasteiger charge is -2.38. The van der Waals surface area contributed by atoms with Crippen LogP contribution in [0, 0.1) is 11.6 Å². The van der Waals surface area contributed by atoms with E-state index in [4.69, 9.17) is 11.6 Å². The molecule has 0 amide bonds. The molecule has 1 aliphatic rings. The molecule has 1 saturated carbocycles. The lowest BCUT2D eigenvalue weighted by Crippen LogP contribution is -2.42. The Hall–Kier alpha value is -0.900. The highest BCUT2D eigenvalue weighted by atomic mass is 35.5. The van der Waals surface area contributed by atoms with Crippen molar-refractivity contribution < 1.29 is 8.78 Å². The van der Waals surface area contributed by atoms with Crippen molar-refractivity contribution in [2.45, 2.75) is 25.3 Å². The molecule has 0 unspecified atom stereocenters. The summed E-state index contributed by atoms with van der Waals surface area (Å²) in [6.45, 7) is 0.543. The maximum atomic E-state index is 13.6. The monoisotopic (exact) mass is 246 g/mol. The van der Waals surface area contributed by atoms with Gasteiger partial charge in [-0.05, 0) is 19.3 Å². The van der Waals surface area contributed by atoms with E-state index in [2.05, 4.69) is 4.98 Å². The molecule has 0 bridgehead atoms. The van der Waals surface area contributed by atoms with Gasteiger partial charge < -0.3 is 4.90 Å². The Bertz CT molecular complexity index is 369. The third-order valence-electron chi connectivity index (χ3n) is 2.90. The summed E-state index contributed by atoms with van der Waals surface area (Å²) in [5.74, 6) is -0.640. The van der Waals surface area contributed by atoms with Crippen molar-refractivity contribution in [1.29, 1.82) is 0 Å². The summed E-state index contributed by atoms with van der Waals surface area (Å²) in [6.07, 6.45) is 4.23. The normalized spacial score (nSPS) is 15.9. The van der Waals surface area contributed by atoms with Crippen LogP contribution in [0.2, 0.25) is 0 Å². The first-order chi connectivity index (χ1) is 7.72. The first-order valence-corrected chi connectivity index (χ1v) is 5.89. The number of aromatic nitrogens is 1. The molecule has 0 radical (unpaired) electrons. The summed E-state index contributed by atoms with van der Waals surface area (Å²) in [5.41, 5.74) is 0. The Labute approximate surface area is 98.2 Å². The van der Waals surface area contributed by atoms with Gasteiger partial charge in [0.15, 0.2) is 11.6 Å². The average Bonchev–Trinajstić information content (AvgIpc) is 2.14. The standard InChI is InChI=1S/C11H13ClF2N2/c12-4-5-16(9-2-1-3-9)11-10(14)6-8(13)7-15-11/h6-7,9H,1-5H2. The van der Waals surface area contributed by atoms with Crippen LogP contribution in [0.1, 0.15) is 19.3 Å². The Morgan fingerprint density at radius 2 is 2.19 bits per heavy atom. The van der Waals surface area contributed by atoms with Gasteiger partial charge >= 0.3 is 0 Å². The molecule has 0 saturated heterocycles. The van der Waals surface area contributed by atoms with Crippen LogP contribution in [-0.2, 0) is 0 Å². The second kappa shape index (κ2) is 4.95. The molecule has 0 atom stereocenters. The van der Waals surface area contributed by atoms with Gasteiger partial charge in [-0.1, -0.05) is 0 Å². The predicted molar refractivity (Wildman–Crippen MR) is 59.9 cm³/mol. The van der Waals surface area contributed by atoms with Crippen LogP contribution in [0.5, 0.6) is 0 Å². The summed E-state index contributed by atoms with van der Waals surface area (Å²) < 4.78 is 26.3. The molecule has 2 nitrogen and oxygen atoms in total. The lowest BCUT2D eigenvalue weighted by molar-refractivity contribution is 0.384. The smallest absolute Gasteiger partial charge is 0.168 e. The first kappa shape index (κ1) is 11.6. The molecule has 0 spiro atoms. The SMILES string of the molecule is Fc1cnc(N(CCCl)C2CCC2)c(F)c1. The molecular formula is C11H13ClF2N2. The molecule has 2 rings (SSSR count). The van der Waals surface area contributed by atoms with E-state index in [1.54, 1.807) is 0 Å². The quantitative estimate of drug-likeness (QED) is 0.760. The van der Waals surface area contributed by atoms with E-state index in [9.17, 15) is 8.78 Å². The van der Waals surface area contributed by atoms with Crippen LogP contribution in [0.3, 0.4) is 0 Å². The molecule has 1 aromatic rings. The van der Waals surface area contributed by atoms with E-state index in [0.717, 1.165) is 31.5 Å². The number of halogens is 3. The van der Waals surface area contributed by atoms with Gasteiger partial charge in [0.25, 0.3) is 0 Å². The Morgan fingerprint density at radius 1 is 1.44 bits per heavy atom. The van der Waals surface area contributed by atoms with Crippen molar-refractivity contribution >= 4 is 17.4 Å². The zero-order valence-corrected chi connectivity index (χ0v) is 9.55. The van der Waals surface area contributed by atoms with E-state index in [0.29, 0.717) is 18.5 Å². The first-order valence-electron chi connectivity index (χ1n) is 5.36. The van der Waals surface area contributed by atoms with E-state index < -0.39 is 11.6 Å². The zero-order valence-electron chi connectivity index (χ0n) is 8.80. The number of rotatable bonds is 4. The van der Waals surface area contributed by atoms with Crippen LogP contribution in [-0.4, -0.2) is 23.5 Å². The molecule has 16 heavy (non-hydrogen) atoms. The fraction of sp³-hybridized carbons (Fsp3) is 0.545. The lowest BCUT2D eigenvalue weighted by atomic mass is 9.91. The molecule has 0 aromatic carbocycles. The van der Waals surface area contributed by atoms with E-state index in [1.807, 2.05) is 4.90 Å². The van der Waals surface area contributed by atoms with Crippen molar-refractivity contribution in [3.05, 3.63) is 23.9 Å². The molecule has 0 N–H and O–H groups in total. The van der Waals surface area contributed by atoms with Gasteiger partial charge in [-0.15, -0.1) is 11.6 Å². The van der Waals surface area contributed by atoms with Crippen molar-refractivity contribution in [1.82, 2.24) is 4.98 Å². The second-order valence-electron chi connectivity index (χ2n) is 3.93. The molecular weight excluding hydrogens is 234 g/mol. The number of hydrogen-bond acceptors (Lipinski definition) is 2. The minimum Gasteiger partial charge on any atom is -0.350 e. The molecule has 5 heteroatoms. The van der Waals surface area contributed by atoms with Crippen LogP contribution < -0.4 is 4.90 Å². The van der Waals surface area contributed by atoms with E-state index in [1.165, 1.54) is 0 Å². The summed E-state index contributed by atoms with van der Waals surface area (Å²) >= 11 is 5.69. The highest BCUT2D eigenvalue weighted by Crippen LogP contribution is 2.29. The van der Waals surface area contributed by atoms with Crippen molar-refractivity contribution in [2.75, 3.05) is 17.3 Å². The molecule has 1 fully saturated rings. The number of alkyl halides is 1. The summed E-state index contributed by atoms with van der Waals surface area (Å²) in [5, 5.41) is 0. The maximum absolute atomic E-state index is 13.6. The van der Waals surface area contributed by atoms with Crippen LogP contribution in [0.15, 0.2) is 12.3 Å². The Kier molecular flexibility index (Phi) is 3.59. The Morgan fingerprint density at radius 3 is 2.69 bits per heavy atom. The van der Waals surface area contributed by atoms with Gasteiger partial charge in [-0.3, -0.25) is 0 Å². The average molecular weight is 247 g/mol. The number of nitrogens with zero attached hydrogens (tertiary/aromatic N) is 2. The predicted octanol–water partition coefficient (Wildman–Crippen LogP) is 2.96. The van der Waals surface area contributed by atoms with Crippen molar-refractivity contribution in [2.24, 2.45) is 0 Å². The molecule has 88 valence electrons. The largest absolute Gasteiger partial charge is 0.350 e. The van der Waals surface area contributed by atoms with Crippen LogP contribution >= 0.6 is 11.6 Å². The van der Waals surface area contributed by atoms with Gasteiger partial charge in [-0.2, -0.15) is 0 Å². The topological polar surface area (TPSA) is 16.1 Å². The van der Waals surface area contributed by atoms with Gasteiger partial charge in [-0.25, -0.2) is 13.8 Å². The number of hydrogen-bond donors (Lipinski definition) is 0. The summed E-state index contributed by atoms with van der Waals surface area (Å²) in [4.78, 5) is 5.66. The van der Waals surface area contributed by atoms with E-state index >= 15 is 0 Å². The highest BCUT2D eigenvalue weighted by Gasteiger charge is 2.27. The molecule has 0 aliphatic heterocycles. The van der Waals surface area contributed by atoms with Gasteiger partial charge in [0, 0.05) is 24.5 Å². The third kappa shape index (κ3) is 2.26. The molecule has 1 aliphatic carbocycles. The molecule has 1 aromatic heterocycles. The van der Waals surface area contributed by atoms with Gasteiger partial charge in [0.05, 0.1) is 6.20 Å². The summed E-state index contributed by atoms with van der Waals surface area (Å²) in [7, 11) is 0. The fourth-order valence-electron chi connectivity index (χ4n) is 1.87. The van der Waals surface area contributed by atoms with Crippen molar-refractivity contribution in [3.63, 3.8) is 0 Å². The van der Waals surface area contributed by atoms with Gasteiger partial charge in [0.2, 0.25) is 0 Å². The van der Waals surface area contributed by atoms with E-state index in [-0.39, 0.29) is 5.82 Å². The van der Waals surface area contributed by atoms with Gasteiger partial charge in [0.1, 0.15) is 5.82 Å². The number of anilines is 1. The van der Waals surface area contributed by atoms with Crippen molar-refractivity contribution in [3.8, 4) is 0 Å². The fourth-order valence-corrected chi connectivity index (χ4v) is 2.05. The maximum Gasteiger partial charge on any atom is 0.168 e. The Balaban J connectivity index is 2.23. The zero-order chi connectivity index (χ0) is 11.5. The summed E-state index contributed by atoms with van der Waals surface area (Å²) in [6, 6.07) is 1.16. The van der Waals surface area contributed by atoms with Crippen LogP contribution in [0.4, 0.5) is 14.6 Å². The molecule has 1 heterocycles. The van der Waals surface area contributed by atoms with Crippen LogP contribution in [0.25, 0.3) is 0 Å². The minimum atomic E-state index is -0.652. The second-order valence-corrected chi connectivity index (χ2v) is 4.30. The highest BCUT2D eigenvalue weighted by molar-refractivity contribution is 6.18. The third-order valence-corrected chi connectivity index (χ3v) is 3.07. The number of pyridine rings is 1. The minimum absolute atomic E-state index is 0.215.